The summed E-state index contributed by atoms with van der Waals surface area (Å²) >= 11 is 5.89. The summed E-state index contributed by atoms with van der Waals surface area (Å²) in [6.07, 6.45) is -0.0848. The molecule has 0 radical (unpaired) electrons. The Bertz CT molecular complexity index is 940. The normalized spacial score (nSPS) is 19.2. The molecule has 2 aromatic carbocycles. The Morgan fingerprint density at radius 3 is 2.22 bits per heavy atom. The maximum Gasteiger partial charge on any atom is 0.248 e. The van der Waals surface area contributed by atoms with E-state index in [1.165, 1.54) is 0 Å². The lowest BCUT2D eigenvalue weighted by Crippen LogP contribution is -2.42. The van der Waals surface area contributed by atoms with Crippen molar-refractivity contribution in [1.29, 1.82) is 0 Å². The Morgan fingerprint density at radius 2 is 1.67 bits per heavy atom. The highest BCUT2D eigenvalue weighted by molar-refractivity contribution is 6.30. The summed E-state index contributed by atoms with van der Waals surface area (Å²) in [5, 5.41) is 24.3. The number of carbonyl (C=O) groups is 1. The number of hydrogen-bond acceptors (Lipinski definition) is 6. The average Bonchev–Trinajstić information content (AvgIpc) is 3.32. The van der Waals surface area contributed by atoms with Crippen LogP contribution < -0.4 is 10.6 Å². The summed E-state index contributed by atoms with van der Waals surface area (Å²) in [5.41, 5.74) is 2.14. The number of rotatable bonds is 4. The van der Waals surface area contributed by atoms with Gasteiger partial charge in [-0.15, -0.1) is 10.2 Å². The summed E-state index contributed by atoms with van der Waals surface area (Å²) in [6, 6.07) is 13.6. The summed E-state index contributed by atoms with van der Waals surface area (Å²) in [4.78, 5) is 12.2. The van der Waals surface area contributed by atoms with Crippen LogP contribution in [0.1, 0.15) is 6.42 Å². The minimum absolute atomic E-state index is 0.254. The molecular formula is C19H17ClN4O3. The minimum atomic E-state index is -0.658. The van der Waals surface area contributed by atoms with Gasteiger partial charge in [-0.2, -0.15) is 0 Å². The van der Waals surface area contributed by atoms with Crippen molar-refractivity contribution < 1.29 is 14.3 Å². The lowest BCUT2D eigenvalue weighted by Gasteiger charge is -2.14. The molecule has 4 rings (SSSR count). The first-order valence-corrected chi connectivity index (χ1v) is 8.90. The van der Waals surface area contributed by atoms with E-state index in [4.69, 9.17) is 16.0 Å². The number of carbonyl (C=O) groups excluding carboxylic acids is 1. The number of amides is 1. The molecule has 1 aliphatic heterocycles. The van der Waals surface area contributed by atoms with Crippen LogP contribution >= 0.6 is 11.6 Å². The molecule has 0 spiro atoms. The zero-order chi connectivity index (χ0) is 18.8. The molecule has 7 nitrogen and oxygen atoms in total. The SMILES string of the molecule is O=C(Nc1ccc(-c2nnc(-c3ccc(Cl)cc3)o2)cc1)[C@H]1NCC[C@@H]1O. The highest BCUT2D eigenvalue weighted by atomic mass is 35.5. The number of halogens is 1. The van der Waals surface area contributed by atoms with Crippen LogP contribution in [-0.2, 0) is 4.79 Å². The number of nitrogens with zero attached hydrogens (tertiary/aromatic N) is 2. The zero-order valence-corrected chi connectivity index (χ0v) is 15.0. The van der Waals surface area contributed by atoms with E-state index >= 15 is 0 Å². The second kappa shape index (κ2) is 7.48. The van der Waals surface area contributed by atoms with Crippen LogP contribution in [0, 0.1) is 0 Å². The van der Waals surface area contributed by atoms with Gasteiger partial charge in [0.25, 0.3) is 0 Å². The van der Waals surface area contributed by atoms with Gasteiger partial charge in [-0.05, 0) is 61.5 Å². The van der Waals surface area contributed by atoms with Crippen LogP contribution in [0.15, 0.2) is 52.9 Å². The third kappa shape index (κ3) is 3.85. The van der Waals surface area contributed by atoms with E-state index < -0.39 is 12.1 Å². The molecule has 0 aliphatic carbocycles. The molecule has 2 atom stereocenters. The second-order valence-corrected chi connectivity index (χ2v) is 6.71. The van der Waals surface area contributed by atoms with Gasteiger partial charge in [-0.25, -0.2) is 0 Å². The fourth-order valence-electron chi connectivity index (χ4n) is 2.92. The lowest BCUT2D eigenvalue weighted by atomic mass is 10.1. The van der Waals surface area contributed by atoms with Crippen molar-refractivity contribution in [3.05, 3.63) is 53.6 Å². The minimum Gasteiger partial charge on any atom is -0.416 e. The molecule has 27 heavy (non-hydrogen) atoms. The Hall–Kier alpha value is -2.74. The van der Waals surface area contributed by atoms with Gasteiger partial charge in [0.1, 0.15) is 6.04 Å². The fourth-order valence-corrected chi connectivity index (χ4v) is 3.05. The quantitative estimate of drug-likeness (QED) is 0.639. The van der Waals surface area contributed by atoms with E-state index in [1.807, 2.05) is 12.1 Å². The third-order valence-corrected chi connectivity index (χ3v) is 4.64. The Labute approximate surface area is 160 Å². The smallest absolute Gasteiger partial charge is 0.248 e. The van der Waals surface area contributed by atoms with Crippen molar-refractivity contribution >= 4 is 23.2 Å². The topological polar surface area (TPSA) is 100 Å². The lowest BCUT2D eigenvalue weighted by molar-refractivity contribution is -0.119. The van der Waals surface area contributed by atoms with E-state index in [0.717, 1.165) is 11.1 Å². The van der Waals surface area contributed by atoms with Crippen molar-refractivity contribution in [2.45, 2.75) is 18.6 Å². The maximum atomic E-state index is 12.2. The molecule has 1 aliphatic rings. The summed E-state index contributed by atoms with van der Waals surface area (Å²) < 4.78 is 5.72. The van der Waals surface area contributed by atoms with Crippen molar-refractivity contribution in [2.24, 2.45) is 0 Å². The highest BCUT2D eigenvalue weighted by Crippen LogP contribution is 2.26. The predicted octanol–water partition coefficient (Wildman–Crippen LogP) is 2.72. The highest BCUT2D eigenvalue weighted by Gasteiger charge is 2.30. The van der Waals surface area contributed by atoms with Gasteiger partial charge in [-0.3, -0.25) is 4.79 Å². The Kier molecular flexibility index (Phi) is 4.89. The Balaban J connectivity index is 1.46. The first-order chi connectivity index (χ1) is 13.1. The van der Waals surface area contributed by atoms with Gasteiger partial charge in [0.05, 0.1) is 6.10 Å². The first kappa shape index (κ1) is 17.7. The molecule has 0 unspecified atom stereocenters. The van der Waals surface area contributed by atoms with Crippen molar-refractivity contribution in [3.63, 3.8) is 0 Å². The fraction of sp³-hybridized carbons (Fsp3) is 0.211. The third-order valence-electron chi connectivity index (χ3n) is 4.39. The number of benzene rings is 2. The molecule has 0 bridgehead atoms. The van der Waals surface area contributed by atoms with Gasteiger partial charge >= 0.3 is 0 Å². The molecule has 1 saturated heterocycles. The van der Waals surface area contributed by atoms with Gasteiger partial charge in [0, 0.05) is 21.8 Å². The standard InChI is InChI=1S/C19H17ClN4O3/c20-13-5-1-11(2-6-13)18-23-24-19(27-18)12-3-7-14(8-4-12)22-17(26)16-15(25)9-10-21-16/h1-8,15-16,21,25H,9-10H2,(H,22,26)/t15-,16-/m0/s1. The molecule has 2 heterocycles. The van der Waals surface area contributed by atoms with Crippen LogP contribution in [-0.4, -0.2) is 39.9 Å². The molecule has 3 aromatic rings. The summed E-state index contributed by atoms with van der Waals surface area (Å²) in [7, 11) is 0. The van der Waals surface area contributed by atoms with E-state index in [0.29, 0.717) is 35.5 Å². The summed E-state index contributed by atoms with van der Waals surface area (Å²) in [6.45, 7) is 0.630. The summed E-state index contributed by atoms with van der Waals surface area (Å²) in [5.74, 6) is 0.529. The van der Waals surface area contributed by atoms with Crippen LogP contribution in [0.25, 0.3) is 22.9 Å². The molecule has 0 saturated carbocycles. The number of hydrogen-bond donors (Lipinski definition) is 3. The molecule has 3 N–H and O–H groups in total. The molecule has 1 fully saturated rings. The van der Waals surface area contributed by atoms with Crippen LogP contribution in [0.5, 0.6) is 0 Å². The van der Waals surface area contributed by atoms with E-state index in [1.54, 1.807) is 36.4 Å². The Morgan fingerprint density at radius 1 is 1.07 bits per heavy atom. The van der Waals surface area contributed by atoms with Crippen molar-refractivity contribution in [1.82, 2.24) is 15.5 Å². The number of nitrogens with one attached hydrogen (secondary N) is 2. The largest absolute Gasteiger partial charge is 0.416 e. The van der Waals surface area contributed by atoms with E-state index in [9.17, 15) is 9.90 Å². The maximum absolute atomic E-state index is 12.2. The molecule has 1 aromatic heterocycles. The molecular weight excluding hydrogens is 368 g/mol. The number of anilines is 1. The van der Waals surface area contributed by atoms with E-state index in [-0.39, 0.29) is 5.91 Å². The van der Waals surface area contributed by atoms with Crippen LogP contribution in [0.3, 0.4) is 0 Å². The van der Waals surface area contributed by atoms with Gasteiger partial charge in [0.15, 0.2) is 0 Å². The van der Waals surface area contributed by atoms with Crippen molar-refractivity contribution in [2.75, 3.05) is 11.9 Å². The van der Waals surface area contributed by atoms with Gasteiger partial charge < -0.3 is 20.2 Å². The molecule has 138 valence electrons. The van der Waals surface area contributed by atoms with Crippen molar-refractivity contribution in [3.8, 4) is 22.9 Å². The molecule has 1 amide bonds. The number of aromatic nitrogens is 2. The molecule has 8 heteroatoms. The number of aliphatic hydroxyl groups is 1. The van der Waals surface area contributed by atoms with Crippen LogP contribution in [0.2, 0.25) is 5.02 Å². The monoisotopic (exact) mass is 384 g/mol. The second-order valence-electron chi connectivity index (χ2n) is 6.27. The number of aliphatic hydroxyl groups excluding tert-OH is 1. The average molecular weight is 385 g/mol. The first-order valence-electron chi connectivity index (χ1n) is 8.52. The van der Waals surface area contributed by atoms with Gasteiger partial charge in [0.2, 0.25) is 17.7 Å². The van der Waals surface area contributed by atoms with Gasteiger partial charge in [-0.1, -0.05) is 11.6 Å². The van der Waals surface area contributed by atoms with E-state index in [2.05, 4.69) is 20.8 Å². The predicted molar refractivity (Wildman–Crippen MR) is 101 cm³/mol. The van der Waals surface area contributed by atoms with Crippen LogP contribution in [0.4, 0.5) is 5.69 Å². The zero-order valence-electron chi connectivity index (χ0n) is 14.2.